The number of likely N-dealkylation sites (tertiary alicyclic amines) is 1. The van der Waals surface area contributed by atoms with Crippen molar-refractivity contribution in [2.75, 3.05) is 39.4 Å². The highest BCUT2D eigenvalue weighted by atomic mass is 19.1. The van der Waals surface area contributed by atoms with Gasteiger partial charge in [-0.05, 0) is 73.4 Å². The van der Waals surface area contributed by atoms with E-state index in [2.05, 4.69) is 32.7 Å². The van der Waals surface area contributed by atoms with Gasteiger partial charge in [-0.15, -0.1) is 0 Å². The van der Waals surface area contributed by atoms with E-state index < -0.39 is 0 Å². The quantitative estimate of drug-likeness (QED) is 0.413. The summed E-state index contributed by atoms with van der Waals surface area (Å²) < 4.78 is 18.8. The summed E-state index contributed by atoms with van der Waals surface area (Å²) in [4.78, 5) is 36.6. The van der Waals surface area contributed by atoms with Crippen LogP contribution in [0, 0.1) is 17.2 Å². The van der Waals surface area contributed by atoms with E-state index in [1.807, 2.05) is 36.2 Å². The fraction of sp³-hybridized carbons (Fsp3) is 0.429. The molecule has 2 N–H and O–H groups in total. The van der Waals surface area contributed by atoms with Crippen LogP contribution < -0.4 is 10.6 Å². The average Bonchev–Trinajstić information content (AvgIpc) is 2.98. The van der Waals surface area contributed by atoms with Crippen LogP contribution in [-0.4, -0.2) is 66.1 Å². The number of amides is 2. The zero-order chi connectivity index (χ0) is 30.3. The molecule has 1 aliphatic carbocycles. The number of halogens is 1. The molecule has 0 bridgehead atoms. The fourth-order valence-electron chi connectivity index (χ4n) is 6.99. The Balaban J connectivity index is 1.00. The van der Waals surface area contributed by atoms with Gasteiger partial charge in [0.05, 0.1) is 42.6 Å². The summed E-state index contributed by atoms with van der Waals surface area (Å²) in [5, 5.41) is 6.52. The molecule has 44 heavy (non-hydrogen) atoms. The van der Waals surface area contributed by atoms with Gasteiger partial charge in [-0.3, -0.25) is 19.6 Å². The Morgan fingerprint density at radius 3 is 2.39 bits per heavy atom. The molecule has 4 fully saturated rings. The van der Waals surface area contributed by atoms with E-state index in [9.17, 15) is 14.0 Å². The van der Waals surface area contributed by atoms with Gasteiger partial charge in [-0.2, -0.15) is 0 Å². The number of ether oxygens (including phenoxy) is 1. The minimum Gasteiger partial charge on any atom is -0.380 e. The van der Waals surface area contributed by atoms with Crippen LogP contribution in [-0.2, 0) is 9.53 Å². The van der Waals surface area contributed by atoms with E-state index in [0.717, 1.165) is 79.8 Å². The molecule has 9 heteroatoms. The minimum atomic E-state index is -0.343. The van der Waals surface area contributed by atoms with Crippen molar-refractivity contribution < 1.29 is 18.7 Å². The van der Waals surface area contributed by atoms with Crippen molar-refractivity contribution >= 4 is 17.4 Å². The molecule has 2 amide bonds. The second-order valence-corrected chi connectivity index (χ2v) is 13.0. The van der Waals surface area contributed by atoms with E-state index in [-0.39, 0.29) is 35.5 Å². The molecule has 5 heterocycles. The highest BCUT2D eigenvalue weighted by molar-refractivity contribution is 5.94. The van der Waals surface area contributed by atoms with Crippen LogP contribution in [0.1, 0.15) is 77.3 Å². The van der Waals surface area contributed by atoms with E-state index in [0.29, 0.717) is 24.2 Å². The smallest absolute Gasteiger partial charge is 0.253 e. The lowest BCUT2D eigenvalue weighted by molar-refractivity contribution is -0.150. The zero-order valence-corrected chi connectivity index (χ0v) is 25.0. The first-order valence-corrected chi connectivity index (χ1v) is 15.6. The largest absolute Gasteiger partial charge is 0.380 e. The number of nitrogens with one attached hydrogen (secondary N) is 2. The normalized spacial score (nSPS) is 20.3. The Kier molecular flexibility index (Phi) is 7.76. The number of hydrogen-bond donors (Lipinski definition) is 2. The summed E-state index contributed by atoms with van der Waals surface area (Å²) in [5.41, 5.74) is 7.22. The number of aromatic nitrogens is 2. The molecule has 0 unspecified atom stereocenters. The van der Waals surface area contributed by atoms with Gasteiger partial charge in [0, 0.05) is 49.6 Å². The molecule has 1 aromatic carbocycles. The van der Waals surface area contributed by atoms with Crippen LogP contribution in [0.2, 0.25) is 0 Å². The third-order valence-corrected chi connectivity index (χ3v) is 9.85. The molecule has 3 aromatic rings. The molecule has 7 rings (SSSR count). The summed E-state index contributed by atoms with van der Waals surface area (Å²) in [6.07, 6.45) is 8.51. The topological polar surface area (TPSA) is 96.5 Å². The lowest BCUT2D eigenvalue weighted by Crippen LogP contribution is -2.58. The number of carbonyl (C=O) groups excluding carboxylic acids is 2. The summed E-state index contributed by atoms with van der Waals surface area (Å²) in [7, 11) is 0. The van der Waals surface area contributed by atoms with Gasteiger partial charge in [0.15, 0.2) is 0 Å². The first-order chi connectivity index (χ1) is 21.4. The number of piperidine rings is 1. The fourth-order valence-corrected chi connectivity index (χ4v) is 6.99. The Labute approximate surface area is 257 Å². The SMILES string of the molecule is C[C@@H](NC(=O)c1cncc(C2CCN(C(=O)C3COC3)CC2)c1)c1ccc(C(=C2CC3(CNC3)C2)c2ccc(F)cn2)cc1. The van der Waals surface area contributed by atoms with Gasteiger partial charge in [-0.1, -0.05) is 29.8 Å². The molecule has 3 saturated heterocycles. The first kappa shape index (κ1) is 28.8. The molecule has 3 aliphatic heterocycles. The summed E-state index contributed by atoms with van der Waals surface area (Å²) in [5.74, 6) is -0.0217. The third kappa shape index (κ3) is 5.66. The van der Waals surface area contributed by atoms with Crippen LogP contribution in [0.5, 0.6) is 0 Å². The second kappa shape index (κ2) is 11.9. The highest BCUT2D eigenvalue weighted by Gasteiger charge is 2.46. The van der Waals surface area contributed by atoms with Gasteiger partial charge in [-0.25, -0.2) is 4.39 Å². The van der Waals surface area contributed by atoms with Crippen LogP contribution in [0.15, 0.2) is 66.6 Å². The number of pyridine rings is 2. The molecular weight excluding hydrogens is 557 g/mol. The molecule has 1 saturated carbocycles. The number of allylic oxidation sites excluding steroid dienone is 1. The van der Waals surface area contributed by atoms with Gasteiger partial charge in [0.1, 0.15) is 5.82 Å². The minimum absolute atomic E-state index is 0.0179. The van der Waals surface area contributed by atoms with Crippen molar-refractivity contribution in [1.29, 1.82) is 0 Å². The molecule has 1 atom stereocenters. The van der Waals surface area contributed by atoms with Crippen molar-refractivity contribution in [3.63, 3.8) is 0 Å². The van der Waals surface area contributed by atoms with Gasteiger partial charge in [0.25, 0.3) is 5.91 Å². The van der Waals surface area contributed by atoms with Gasteiger partial charge < -0.3 is 20.3 Å². The number of carbonyl (C=O) groups is 2. The lowest BCUT2D eigenvalue weighted by atomic mass is 9.60. The third-order valence-electron chi connectivity index (χ3n) is 9.85. The van der Waals surface area contributed by atoms with E-state index in [1.54, 1.807) is 12.3 Å². The zero-order valence-electron chi connectivity index (χ0n) is 25.0. The van der Waals surface area contributed by atoms with Crippen LogP contribution in [0.25, 0.3) is 5.57 Å². The number of benzene rings is 1. The molecular formula is C35H38FN5O3. The molecule has 4 aliphatic rings. The molecule has 8 nitrogen and oxygen atoms in total. The second-order valence-electron chi connectivity index (χ2n) is 13.0. The Bertz CT molecular complexity index is 1560. The van der Waals surface area contributed by atoms with E-state index in [4.69, 9.17) is 4.74 Å². The Morgan fingerprint density at radius 1 is 1.02 bits per heavy atom. The maximum Gasteiger partial charge on any atom is 0.253 e. The van der Waals surface area contributed by atoms with Crippen LogP contribution in [0.3, 0.4) is 0 Å². The van der Waals surface area contributed by atoms with Crippen molar-refractivity contribution in [3.05, 3.63) is 100 Å². The highest BCUT2D eigenvalue weighted by Crippen LogP contribution is 2.51. The Morgan fingerprint density at radius 2 is 1.77 bits per heavy atom. The maximum absolute atomic E-state index is 13.7. The molecule has 1 spiro atoms. The monoisotopic (exact) mass is 595 g/mol. The standard InChI is InChI=1S/C35H38FN5O3/c1-22(40-33(42)27-12-26(15-37-16-27)24-8-10-41(11-9-24)34(43)29-18-44-19-29)23-2-4-25(5-3-23)32(31-7-6-30(36)17-39-31)28-13-35(14-28)20-38-21-35/h2-7,12,15-17,22,24,29,38H,8-11,13-14,18-21H2,1H3,(H,40,42)/t22-/m1/s1. The van der Waals surface area contributed by atoms with Crippen molar-refractivity contribution in [2.24, 2.45) is 11.3 Å². The van der Waals surface area contributed by atoms with E-state index >= 15 is 0 Å². The predicted molar refractivity (Wildman–Crippen MR) is 164 cm³/mol. The molecule has 2 aromatic heterocycles. The van der Waals surface area contributed by atoms with Crippen molar-refractivity contribution in [3.8, 4) is 0 Å². The molecule has 228 valence electrons. The van der Waals surface area contributed by atoms with E-state index in [1.165, 1.54) is 17.8 Å². The number of hydrogen-bond acceptors (Lipinski definition) is 6. The average molecular weight is 596 g/mol. The summed E-state index contributed by atoms with van der Waals surface area (Å²) >= 11 is 0. The van der Waals surface area contributed by atoms with Crippen molar-refractivity contribution in [2.45, 2.75) is 44.6 Å². The Hall–Kier alpha value is -3.95. The number of rotatable bonds is 7. The molecule has 0 radical (unpaired) electrons. The number of nitrogens with zero attached hydrogens (tertiary/aromatic N) is 3. The first-order valence-electron chi connectivity index (χ1n) is 15.6. The summed E-state index contributed by atoms with van der Waals surface area (Å²) in [6, 6.07) is 13.2. The van der Waals surface area contributed by atoms with Gasteiger partial charge >= 0.3 is 0 Å². The van der Waals surface area contributed by atoms with Gasteiger partial charge in [0.2, 0.25) is 5.91 Å². The summed E-state index contributed by atoms with van der Waals surface area (Å²) in [6.45, 7) is 6.58. The maximum atomic E-state index is 13.7. The predicted octanol–water partition coefficient (Wildman–Crippen LogP) is 4.64. The lowest BCUT2D eigenvalue weighted by Gasteiger charge is -2.52. The van der Waals surface area contributed by atoms with Crippen LogP contribution >= 0.6 is 0 Å². The van der Waals surface area contributed by atoms with Crippen LogP contribution in [0.4, 0.5) is 4.39 Å². The van der Waals surface area contributed by atoms with Crippen molar-refractivity contribution in [1.82, 2.24) is 25.5 Å².